The molecule has 6 nitrogen and oxygen atoms in total. The van der Waals surface area contributed by atoms with Gasteiger partial charge in [-0.15, -0.1) is 0 Å². The molecule has 2 amide bonds. The molecule has 1 saturated carbocycles. The fourth-order valence-electron chi connectivity index (χ4n) is 2.17. The van der Waals surface area contributed by atoms with Gasteiger partial charge in [-0.1, -0.05) is 0 Å². The van der Waals surface area contributed by atoms with E-state index in [-0.39, 0.29) is 18.5 Å². The number of carbonyl (C=O) groups excluding carboxylic acids is 1. The topological polar surface area (TPSA) is 82.8 Å². The Hall–Kier alpha value is -1.98. The van der Waals surface area contributed by atoms with Gasteiger partial charge in [0.05, 0.1) is 12.8 Å². The SMILES string of the molecule is CC(C)(CCC(=O)O)NC(=O)N(Cc1ccco1)C1CC1. The van der Waals surface area contributed by atoms with Crippen LogP contribution in [0.3, 0.4) is 0 Å². The van der Waals surface area contributed by atoms with Gasteiger partial charge in [-0.05, 0) is 45.2 Å². The fraction of sp³-hybridized carbons (Fsp3) is 0.600. The van der Waals surface area contributed by atoms with Crippen LogP contribution < -0.4 is 5.32 Å². The van der Waals surface area contributed by atoms with E-state index in [2.05, 4.69) is 5.32 Å². The van der Waals surface area contributed by atoms with Crippen molar-refractivity contribution in [2.75, 3.05) is 0 Å². The van der Waals surface area contributed by atoms with E-state index >= 15 is 0 Å². The van der Waals surface area contributed by atoms with E-state index in [1.54, 1.807) is 17.2 Å². The number of furan rings is 1. The summed E-state index contributed by atoms with van der Waals surface area (Å²) in [6, 6.07) is 3.74. The van der Waals surface area contributed by atoms with Crippen molar-refractivity contribution in [2.24, 2.45) is 0 Å². The highest BCUT2D eigenvalue weighted by Crippen LogP contribution is 2.29. The van der Waals surface area contributed by atoms with E-state index in [1.165, 1.54) is 0 Å². The largest absolute Gasteiger partial charge is 0.481 e. The third kappa shape index (κ3) is 4.81. The zero-order chi connectivity index (χ0) is 15.5. The van der Waals surface area contributed by atoms with Crippen molar-refractivity contribution in [1.29, 1.82) is 0 Å². The first-order chi connectivity index (χ1) is 9.87. The molecule has 0 bridgehead atoms. The second-order valence-electron chi connectivity index (χ2n) is 6.15. The van der Waals surface area contributed by atoms with Crippen molar-refractivity contribution >= 4 is 12.0 Å². The van der Waals surface area contributed by atoms with Gasteiger partial charge in [0.2, 0.25) is 0 Å². The minimum atomic E-state index is -0.855. The number of urea groups is 1. The summed E-state index contributed by atoms with van der Waals surface area (Å²) < 4.78 is 5.30. The summed E-state index contributed by atoms with van der Waals surface area (Å²) in [5, 5.41) is 11.7. The third-order valence-corrected chi connectivity index (χ3v) is 3.56. The van der Waals surface area contributed by atoms with Crippen molar-refractivity contribution in [3.63, 3.8) is 0 Å². The van der Waals surface area contributed by atoms with Gasteiger partial charge in [-0.2, -0.15) is 0 Å². The average molecular weight is 294 g/mol. The van der Waals surface area contributed by atoms with Crippen molar-refractivity contribution < 1.29 is 19.1 Å². The molecule has 6 heteroatoms. The van der Waals surface area contributed by atoms with Crippen LogP contribution in [0.15, 0.2) is 22.8 Å². The lowest BCUT2D eigenvalue weighted by molar-refractivity contribution is -0.137. The van der Waals surface area contributed by atoms with Crippen LogP contribution in [0, 0.1) is 0 Å². The van der Waals surface area contributed by atoms with E-state index in [1.807, 2.05) is 19.9 Å². The molecule has 1 fully saturated rings. The number of rotatable bonds is 7. The van der Waals surface area contributed by atoms with Crippen LogP contribution in [0.2, 0.25) is 0 Å². The molecule has 1 heterocycles. The molecule has 116 valence electrons. The summed E-state index contributed by atoms with van der Waals surface area (Å²) in [4.78, 5) is 24.9. The van der Waals surface area contributed by atoms with Crippen LogP contribution in [-0.2, 0) is 11.3 Å². The van der Waals surface area contributed by atoms with Crippen LogP contribution in [0.25, 0.3) is 0 Å². The van der Waals surface area contributed by atoms with Gasteiger partial charge in [0.1, 0.15) is 5.76 Å². The minimum absolute atomic E-state index is 0.0366. The highest BCUT2D eigenvalue weighted by atomic mass is 16.4. The molecule has 2 N–H and O–H groups in total. The zero-order valence-electron chi connectivity index (χ0n) is 12.5. The molecule has 0 aromatic carbocycles. The van der Waals surface area contributed by atoms with Crippen LogP contribution in [-0.4, -0.2) is 33.6 Å². The van der Waals surface area contributed by atoms with E-state index < -0.39 is 11.5 Å². The quantitative estimate of drug-likeness (QED) is 0.809. The molecule has 1 aromatic rings. The van der Waals surface area contributed by atoms with Gasteiger partial charge in [-0.25, -0.2) is 4.79 Å². The number of nitrogens with one attached hydrogen (secondary N) is 1. The lowest BCUT2D eigenvalue weighted by atomic mass is 9.99. The number of nitrogens with zero attached hydrogens (tertiary/aromatic N) is 1. The Labute approximate surface area is 124 Å². The van der Waals surface area contributed by atoms with Crippen molar-refractivity contribution in [1.82, 2.24) is 10.2 Å². The number of amides is 2. The highest BCUT2D eigenvalue weighted by molar-refractivity contribution is 5.76. The van der Waals surface area contributed by atoms with Gasteiger partial charge in [0.25, 0.3) is 0 Å². The number of hydrogen-bond acceptors (Lipinski definition) is 3. The minimum Gasteiger partial charge on any atom is -0.481 e. The molecule has 0 atom stereocenters. The smallest absolute Gasteiger partial charge is 0.318 e. The molecule has 21 heavy (non-hydrogen) atoms. The summed E-state index contributed by atoms with van der Waals surface area (Å²) in [5.41, 5.74) is -0.550. The van der Waals surface area contributed by atoms with Crippen molar-refractivity contribution in [3.05, 3.63) is 24.2 Å². The second-order valence-corrected chi connectivity index (χ2v) is 6.15. The summed E-state index contributed by atoms with van der Waals surface area (Å²) in [5.74, 6) is -0.104. The molecule has 0 saturated heterocycles. The van der Waals surface area contributed by atoms with E-state index in [0.717, 1.165) is 18.6 Å². The molecule has 0 unspecified atom stereocenters. The molecular weight excluding hydrogens is 272 g/mol. The lowest BCUT2D eigenvalue weighted by Gasteiger charge is -2.30. The van der Waals surface area contributed by atoms with Gasteiger partial charge >= 0.3 is 12.0 Å². The summed E-state index contributed by atoms with van der Waals surface area (Å²) in [6.45, 7) is 4.12. The zero-order valence-corrected chi connectivity index (χ0v) is 12.5. The van der Waals surface area contributed by atoms with Crippen LogP contribution in [0.5, 0.6) is 0 Å². The number of hydrogen-bond donors (Lipinski definition) is 2. The molecule has 0 spiro atoms. The number of aliphatic carboxylic acids is 1. The third-order valence-electron chi connectivity index (χ3n) is 3.56. The van der Waals surface area contributed by atoms with Crippen LogP contribution >= 0.6 is 0 Å². The number of carboxylic acid groups (broad SMARTS) is 1. The average Bonchev–Trinajstić information content (AvgIpc) is 3.10. The van der Waals surface area contributed by atoms with Crippen LogP contribution in [0.1, 0.15) is 45.3 Å². The molecule has 2 rings (SSSR count). The molecule has 1 aliphatic rings. The van der Waals surface area contributed by atoms with Crippen LogP contribution in [0.4, 0.5) is 4.79 Å². The maximum absolute atomic E-state index is 12.4. The van der Waals surface area contributed by atoms with Gasteiger partial charge < -0.3 is 19.7 Å². The van der Waals surface area contributed by atoms with Gasteiger partial charge in [0, 0.05) is 18.0 Å². The van der Waals surface area contributed by atoms with E-state index in [0.29, 0.717) is 13.0 Å². The highest BCUT2D eigenvalue weighted by Gasteiger charge is 2.35. The van der Waals surface area contributed by atoms with Crippen molar-refractivity contribution in [3.8, 4) is 0 Å². The van der Waals surface area contributed by atoms with Crippen molar-refractivity contribution in [2.45, 2.75) is 57.7 Å². The fourth-order valence-corrected chi connectivity index (χ4v) is 2.17. The Morgan fingerprint density at radius 2 is 2.19 bits per heavy atom. The first-order valence-corrected chi connectivity index (χ1v) is 7.20. The first-order valence-electron chi connectivity index (χ1n) is 7.20. The Morgan fingerprint density at radius 1 is 1.48 bits per heavy atom. The Kier molecular flexibility index (Phi) is 4.55. The first kappa shape index (κ1) is 15.4. The predicted molar refractivity (Wildman–Crippen MR) is 76.8 cm³/mol. The maximum atomic E-state index is 12.4. The standard InChI is InChI=1S/C15H22N2O4/c1-15(2,8-7-13(18)19)16-14(20)17(11-5-6-11)10-12-4-3-9-21-12/h3-4,9,11H,5-8,10H2,1-2H3,(H,16,20)(H,18,19). The molecule has 1 aromatic heterocycles. The normalized spacial score (nSPS) is 14.8. The number of carbonyl (C=O) groups is 2. The summed E-state index contributed by atoms with van der Waals surface area (Å²) in [6.07, 6.45) is 4.03. The predicted octanol–water partition coefficient (Wildman–Crippen LogP) is 2.60. The number of carboxylic acids is 1. The second kappa shape index (κ2) is 6.20. The van der Waals surface area contributed by atoms with Gasteiger partial charge in [0.15, 0.2) is 0 Å². The maximum Gasteiger partial charge on any atom is 0.318 e. The summed E-state index contributed by atoms with van der Waals surface area (Å²) >= 11 is 0. The Balaban J connectivity index is 1.93. The van der Waals surface area contributed by atoms with E-state index in [9.17, 15) is 9.59 Å². The molecule has 1 aliphatic carbocycles. The molecular formula is C15H22N2O4. The Morgan fingerprint density at radius 3 is 2.71 bits per heavy atom. The monoisotopic (exact) mass is 294 g/mol. The summed E-state index contributed by atoms with van der Waals surface area (Å²) in [7, 11) is 0. The van der Waals surface area contributed by atoms with E-state index in [4.69, 9.17) is 9.52 Å². The lowest BCUT2D eigenvalue weighted by Crippen LogP contribution is -2.50. The molecule has 0 radical (unpaired) electrons. The van der Waals surface area contributed by atoms with Gasteiger partial charge in [-0.3, -0.25) is 4.79 Å². The Bertz CT molecular complexity index is 492. The molecule has 0 aliphatic heterocycles.